The summed E-state index contributed by atoms with van der Waals surface area (Å²) >= 11 is 0. The van der Waals surface area contributed by atoms with Crippen LogP contribution in [0, 0.1) is 12.8 Å². The Bertz CT molecular complexity index is 353. The summed E-state index contributed by atoms with van der Waals surface area (Å²) in [4.78, 5) is 6.58. The van der Waals surface area contributed by atoms with Crippen LogP contribution in [0.2, 0.25) is 0 Å². The van der Waals surface area contributed by atoms with Crippen molar-refractivity contribution < 1.29 is 4.74 Å². The van der Waals surface area contributed by atoms with E-state index < -0.39 is 0 Å². The SMILES string of the molecule is COCCN(CC(C)C)c1nccc(C)c1N. The molecule has 0 fully saturated rings. The second-order valence-corrected chi connectivity index (χ2v) is 4.70. The van der Waals surface area contributed by atoms with Crippen molar-refractivity contribution in [2.45, 2.75) is 20.8 Å². The van der Waals surface area contributed by atoms with Crippen LogP contribution in [0.25, 0.3) is 0 Å². The molecule has 2 N–H and O–H groups in total. The topological polar surface area (TPSA) is 51.4 Å². The number of aryl methyl sites for hydroxylation is 1. The van der Waals surface area contributed by atoms with Crippen LogP contribution in [0.3, 0.4) is 0 Å². The summed E-state index contributed by atoms with van der Waals surface area (Å²) in [6, 6.07) is 1.93. The molecular weight excluding hydrogens is 214 g/mol. The molecule has 0 aromatic carbocycles. The molecule has 0 bridgehead atoms. The van der Waals surface area contributed by atoms with E-state index in [9.17, 15) is 0 Å². The van der Waals surface area contributed by atoms with Crippen LogP contribution >= 0.6 is 0 Å². The minimum atomic E-state index is 0.563. The van der Waals surface area contributed by atoms with Gasteiger partial charge in [0.2, 0.25) is 0 Å². The van der Waals surface area contributed by atoms with Crippen LogP contribution in [-0.4, -0.2) is 31.8 Å². The van der Waals surface area contributed by atoms with E-state index in [4.69, 9.17) is 10.5 Å². The average molecular weight is 237 g/mol. The fourth-order valence-electron chi connectivity index (χ4n) is 1.73. The first-order valence-electron chi connectivity index (χ1n) is 6.01. The van der Waals surface area contributed by atoms with Gasteiger partial charge in [-0.05, 0) is 24.5 Å². The summed E-state index contributed by atoms with van der Waals surface area (Å²) < 4.78 is 5.14. The van der Waals surface area contributed by atoms with Gasteiger partial charge in [0.1, 0.15) is 0 Å². The molecule has 1 aromatic rings. The highest BCUT2D eigenvalue weighted by Crippen LogP contribution is 2.23. The smallest absolute Gasteiger partial charge is 0.152 e. The maximum absolute atomic E-state index is 6.09. The molecule has 96 valence electrons. The number of hydrogen-bond acceptors (Lipinski definition) is 4. The summed E-state index contributed by atoms with van der Waals surface area (Å²) in [5.41, 5.74) is 7.92. The molecule has 0 aliphatic carbocycles. The van der Waals surface area contributed by atoms with Crippen LogP contribution in [0.4, 0.5) is 11.5 Å². The number of nitrogen functional groups attached to an aromatic ring is 1. The maximum Gasteiger partial charge on any atom is 0.152 e. The van der Waals surface area contributed by atoms with E-state index in [2.05, 4.69) is 23.7 Å². The molecule has 4 nitrogen and oxygen atoms in total. The van der Waals surface area contributed by atoms with Crippen LogP contribution < -0.4 is 10.6 Å². The molecule has 1 heterocycles. The lowest BCUT2D eigenvalue weighted by Crippen LogP contribution is -2.32. The van der Waals surface area contributed by atoms with Gasteiger partial charge in [-0.3, -0.25) is 0 Å². The maximum atomic E-state index is 6.09. The number of ether oxygens (including phenoxy) is 1. The molecule has 1 rings (SSSR count). The van der Waals surface area contributed by atoms with Gasteiger partial charge in [0.15, 0.2) is 5.82 Å². The zero-order valence-electron chi connectivity index (χ0n) is 11.2. The molecule has 0 spiro atoms. The molecule has 0 saturated heterocycles. The first-order valence-corrected chi connectivity index (χ1v) is 6.01. The molecule has 0 aliphatic heterocycles. The zero-order valence-corrected chi connectivity index (χ0v) is 11.2. The normalized spacial score (nSPS) is 10.9. The van der Waals surface area contributed by atoms with Crippen LogP contribution in [0.1, 0.15) is 19.4 Å². The molecule has 17 heavy (non-hydrogen) atoms. The number of anilines is 2. The summed E-state index contributed by atoms with van der Waals surface area (Å²) in [6.07, 6.45) is 1.81. The predicted molar refractivity (Wildman–Crippen MR) is 72.3 cm³/mol. The Kier molecular flexibility index (Phi) is 5.22. The van der Waals surface area contributed by atoms with Gasteiger partial charge in [-0.15, -0.1) is 0 Å². The van der Waals surface area contributed by atoms with Gasteiger partial charge in [0.25, 0.3) is 0 Å². The quantitative estimate of drug-likeness (QED) is 0.823. The fraction of sp³-hybridized carbons (Fsp3) is 0.615. The number of nitrogens with two attached hydrogens (primary N) is 1. The van der Waals surface area contributed by atoms with Crippen LogP contribution in [0.5, 0.6) is 0 Å². The second kappa shape index (κ2) is 6.45. The Balaban J connectivity index is 2.90. The van der Waals surface area contributed by atoms with Gasteiger partial charge in [0.05, 0.1) is 12.3 Å². The van der Waals surface area contributed by atoms with Crippen molar-refractivity contribution in [2.75, 3.05) is 37.4 Å². The van der Waals surface area contributed by atoms with Crippen molar-refractivity contribution in [3.63, 3.8) is 0 Å². The predicted octanol–water partition coefficient (Wildman–Crippen LogP) is 2.08. The highest BCUT2D eigenvalue weighted by Gasteiger charge is 2.13. The van der Waals surface area contributed by atoms with Gasteiger partial charge in [-0.25, -0.2) is 4.98 Å². The van der Waals surface area contributed by atoms with Crippen LogP contribution in [0.15, 0.2) is 12.3 Å². The van der Waals surface area contributed by atoms with Gasteiger partial charge in [0, 0.05) is 26.4 Å². The third-order valence-electron chi connectivity index (χ3n) is 2.64. The van der Waals surface area contributed by atoms with Crippen molar-refractivity contribution >= 4 is 11.5 Å². The van der Waals surface area contributed by atoms with Crippen molar-refractivity contribution in [2.24, 2.45) is 5.92 Å². The molecule has 1 aromatic heterocycles. The standard InChI is InChI=1S/C13H23N3O/c1-10(2)9-16(7-8-17-4)13-12(14)11(3)5-6-15-13/h5-6,10H,7-9,14H2,1-4H3. The Morgan fingerprint density at radius 1 is 1.47 bits per heavy atom. The molecule has 0 amide bonds. The average Bonchev–Trinajstić information content (AvgIpc) is 2.28. The lowest BCUT2D eigenvalue weighted by Gasteiger charge is -2.26. The fourth-order valence-corrected chi connectivity index (χ4v) is 1.73. The molecule has 0 saturated carbocycles. The number of methoxy groups -OCH3 is 1. The lowest BCUT2D eigenvalue weighted by atomic mass is 10.2. The van der Waals surface area contributed by atoms with E-state index in [1.807, 2.05) is 13.0 Å². The molecule has 4 heteroatoms. The molecule has 0 aliphatic rings. The Hall–Kier alpha value is -1.29. The van der Waals surface area contributed by atoms with E-state index in [1.165, 1.54) is 0 Å². The van der Waals surface area contributed by atoms with Crippen molar-refractivity contribution in [3.05, 3.63) is 17.8 Å². The third-order valence-corrected chi connectivity index (χ3v) is 2.64. The van der Waals surface area contributed by atoms with Crippen molar-refractivity contribution in [1.29, 1.82) is 0 Å². The van der Waals surface area contributed by atoms with E-state index >= 15 is 0 Å². The minimum absolute atomic E-state index is 0.563. The molecule has 0 unspecified atom stereocenters. The summed E-state index contributed by atoms with van der Waals surface area (Å²) in [5.74, 6) is 1.43. The molecule has 0 radical (unpaired) electrons. The number of nitrogens with zero attached hydrogens (tertiary/aromatic N) is 2. The summed E-state index contributed by atoms with van der Waals surface area (Å²) in [5, 5.41) is 0. The lowest BCUT2D eigenvalue weighted by molar-refractivity contribution is 0.204. The first kappa shape index (κ1) is 13.8. The summed E-state index contributed by atoms with van der Waals surface area (Å²) in [7, 11) is 1.71. The second-order valence-electron chi connectivity index (χ2n) is 4.70. The Morgan fingerprint density at radius 3 is 2.76 bits per heavy atom. The number of rotatable bonds is 6. The minimum Gasteiger partial charge on any atom is -0.396 e. The van der Waals surface area contributed by atoms with Crippen molar-refractivity contribution in [3.8, 4) is 0 Å². The van der Waals surface area contributed by atoms with Gasteiger partial charge < -0.3 is 15.4 Å². The van der Waals surface area contributed by atoms with E-state index in [0.29, 0.717) is 12.5 Å². The Morgan fingerprint density at radius 2 is 2.18 bits per heavy atom. The van der Waals surface area contributed by atoms with Crippen LogP contribution in [-0.2, 0) is 4.74 Å². The molecule has 0 atom stereocenters. The highest BCUT2D eigenvalue weighted by atomic mass is 16.5. The van der Waals surface area contributed by atoms with E-state index in [1.54, 1.807) is 13.3 Å². The Labute approximate surface area is 104 Å². The highest BCUT2D eigenvalue weighted by molar-refractivity contribution is 5.66. The molecular formula is C13H23N3O. The van der Waals surface area contributed by atoms with Gasteiger partial charge >= 0.3 is 0 Å². The van der Waals surface area contributed by atoms with Crippen molar-refractivity contribution in [1.82, 2.24) is 4.98 Å². The first-order chi connectivity index (χ1) is 8.06. The number of hydrogen-bond donors (Lipinski definition) is 1. The largest absolute Gasteiger partial charge is 0.396 e. The number of pyridine rings is 1. The van der Waals surface area contributed by atoms with Gasteiger partial charge in [-0.2, -0.15) is 0 Å². The van der Waals surface area contributed by atoms with E-state index in [-0.39, 0.29) is 0 Å². The van der Waals surface area contributed by atoms with Gasteiger partial charge in [-0.1, -0.05) is 13.8 Å². The zero-order chi connectivity index (χ0) is 12.8. The van der Waals surface area contributed by atoms with E-state index in [0.717, 1.165) is 30.2 Å². The summed E-state index contributed by atoms with van der Waals surface area (Å²) in [6.45, 7) is 8.81. The number of aromatic nitrogens is 1. The third kappa shape index (κ3) is 3.89. The monoisotopic (exact) mass is 237 g/mol.